The van der Waals surface area contributed by atoms with Gasteiger partial charge in [0.05, 0.1) is 10.6 Å². The van der Waals surface area contributed by atoms with Crippen molar-refractivity contribution in [2.24, 2.45) is 0 Å². The predicted octanol–water partition coefficient (Wildman–Crippen LogP) is 5.97. The SMILES string of the molecule is CC[C@H](C(=O)NC(C)C)N(Cc1ccc(F)cc1)C(=O)CN(c1cc(Cl)cc(Cl)c1)S(=O)(=O)c1ccc(C)cc1. The molecule has 3 aromatic carbocycles. The number of carbonyl (C=O) groups is 2. The summed E-state index contributed by atoms with van der Waals surface area (Å²) < 4.78 is 42.3. The van der Waals surface area contributed by atoms with E-state index in [9.17, 15) is 22.4 Å². The van der Waals surface area contributed by atoms with Crippen molar-refractivity contribution in [3.05, 3.63) is 93.7 Å². The van der Waals surface area contributed by atoms with Gasteiger partial charge in [0.2, 0.25) is 11.8 Å². The normalized spacial score (nSPS) is 12.2. The second kappa shape index (κ2) is 13.5. The summed E-state index contributed by atoms with van der Waals surface area (Å²) in [6.45, 7) is 6.50. The number of nitrogens with zero attached hydrogens (tertiary/aromatic N) is 2. The lowest BCUT2D eigenvalue weighted by molar-refractivity contribution is -0.140. The molecule has 0 saturated carbocycles. The maximum absolute atomic E-state index is 14.0. The van der Waals surface area contributed by atoms with Crippen molar-refractivity contribution >= 4 is 50.7 Å². The molecule has 0 aliphatic carbocycles. The highest BCUT2D eigenvalue weighted by Crippen LogP contribution is 2.30. The molecule has 1 N–H and O–H groups in total. The Morgan fingerprint density at radius 3 is 2.05 bits per heavy atom. The first kappa shape index (κ1) is 31.4. The number of rotatable bonds is 11. The number of benzene rings is 3. The quantitative estimate of drug-likeness (QED) is 0.291. The Balaban J connectivity index is 2.09. The third kappa shape index (κ3) is 7.96. The first-order chi connectivity index (χ1) is 18.8. The van der Waals surface area contributed by atoms with Gasteiger partial charge in [-0.25, -0.2) is 12.8 Å². The number of halogens is 3. The molecule has 0 spiro atoms. The van der Waals surface area contributed by atoms with Crippen molar-refractivity contribution in [1.82, 2.24) is 10.2 Å². The minimum atomic E-state index is -4.26. The van der Waals surface area contributed by atoms with Gasteiger partial charge in [0, 0.05) is 22.6 Å². The van der Waals surface area contributed by atoms with Crippen LogP contribution in [0.3, 0.4) is 0 Å². The van der Waals surface area contributed by atoms with Crippen molar-refractivity contribution in [2.45, 2.75) is 57.6 Å². The fraction of sp³-hybridized carbons (Fsp3) is 0.310. The first-order valence-corrected chi connectivity index (χ1v) is 14.9. The van der Waals surface area contributed by atoms with Gasteiger partial charge in [-0.3, -0.25) is 13.9 Å². The standard InChI is InChI=1S/C29H32Cl2FN3O4S/c1-5-27(29(37)33-19(2)3)34(17-21-8-10-24(32)11-9-21)28(36)18-35(25-15-22(30)14-23(31)16-25)40(38,39)26-12-6-20(4)7-13-26/h6-16,19,27H,5,17-18H2,1-4H3,(H,33,37)/t27-/m1/s1. The molecule has 3 aromatic rings. The van der Waals surface area contributed by atoms with E-state index in [4.69, 9.17) is 23.2 Å². The Morgan fingerprint density at radius 1 is 0.950 bits per heavy atom. The molecule has 0 aliphatic heterocycles. The van der Waals surface area contributed by atoms with E-state index in [1.807, 2.05) is 6.92 Å². The topological polar surface area (TPSA) is 86.8 Å². The summed E-state index contributed by atoms with van der Waals surface area (Å²) in [4.78, 5) is 28.4. The van der Waals surface area contributed by atoms with Gasteiger partial charge >= 0.3 is 0 Å². The van der Waals surface area contributed by atoms with Gasteiger partial charge in [-0.2, -0.15) is 0 Å². The van der Waals surface area contributed by atoms with Crippen LogP contribution in [-0.4, -0.2) is 43.8 Å². The van der Waals surface area contributed by atoms with E-state index in [0.29, 0.717) is 5.56 Å². The number of hydrogen-bond acceptors (Lipinski definition) is 4. The van der Waals surface area contributed by atoms with Crippen molar-refractivity contribution < 1.29 is 22.4 Å². The smallest absolute Gasteiger partial charge is 0.264 e. The summed E-state index contributed by atoms with van der Waals surface area (Å²) in [5.74, 6) is -1.46. The van der Waals surface area contributed by atoms with E-state index >= 15 is 0 Å². The Bertz CT molecular complexity index is 1430. The minimum absolute atomic E-state index is 0.0309. The summed E-state index contributed by atoms with van der Waals surface area (Å²) in [7, 11) is -4.26. The number of amides is 2. The van der Waals surface area contributed by atoms with Crippen LogP contribution < -0.4 is 9.62 Å². The second-order valence-electron chi connectivity index (χ2n) is 9.69. The van der Waals surface area contributed by atoms with Gasteiger partial charge in [-0.05, 0) is 75.2 Å². The molecule has 3 rings (SSSR count). The van der Waals surface area contributed by atoms with Gasteiger partial charge < -0.3 is 10.2 Å². The molecule has 1 atom stereocenters. The molecule has 7 nitrogen and oxygen atoms in total. The molecule has 0 saturated heterocycles. The van der Waals surface area contributed by atoms with Crippen molar-refractivity contribution in [3.8, 4) is 0 Å². The first-order valence-electron chi connectivity index (χ1n) is 12.7. The van der Waals surface area contributed by atoms with Crippen LogP contribution in [0.2, 0.25) is 10.0 Å². The predicted molar refractivity (Wildman–Crippen MR) is 156 cm³/mol. The summed E-state index contributed by atoms with van der Waals surface area (Å²) >= 11 is 12.4. The van der Waals surface area contributed by atoms with E-state index in [2.05, 4.69) is 5.32 Å². The van der Waals surface area contributed by atoms with Crippen LogP contribution in [0.5, 0.6) is 0 Å². The maximum atomic E-state index is 14.0. The molecule has 0 radical (unpaired) electrons. The van der Waals surface area contributed by atoms with E-state index in [1.54, 1.807) is 32.9 Å². The number of carbonyl (C=O) groups excluding carboxylic acids is 2. The minimum Gasteiger partial charge on any atom is -0.352 e. The second-order valence-corrected chi connectivity index (χ2v) is 12.4. The molecule has 0 fully saturated rings. The molecule has 40 heavy (non-hydrogen) atoms. The molecule has 0 heterocycles. The number of hydrogen-bond donors (Lipinski definition) is 1. The van der Waals surface area contributed by atoms with E-state index in [-0.39, 0.29) is 45.5 Å². The fourth-order valence-electron chi connectivity index (χ4n) is 4.14. The highest BCUT2D eigenvalue weighted by atomic mass is 35.5. The lowest BCUT2D eigenvalue weighted by Crippen LogP contribution is -2.53. The van der Waals surface area contributed by atoms with E-state index in [1.165, 1.54) is 59.5 Å². The molecule has 0 aromatic heterocycles. The van der Waals surface area contributed by atoms with Gasteiger partial charge in [0.1, 0.15) is 18.4 Å². The number of anilines is 1. The van der Waals surface area contributed by atoms with Crippen molar-refractivity contribution in [2.75, 3.05) is 10.8 Å². The van der Waals surface area contributed by atoms with Crippen LogP contribution in [0.4, 0.5) is 10.1 Å². The summed E-state index contributed by atoms with van der Waals surface area (Å²) in [5, 5.41) is 3.20. The molecule has 2 amide bonds. The zero-order chi connectivity index (χ0) is 29.6. The highest BCUT2D eigenvalue weighted by molar-refractivity contribution is 7.92. The number of aryl methyl sites for hydroxylation is 1. The van der Waals surface area contributed by atoms with Crippen LogP contribution in [0, 0.1) is 12.7 Å². The number of sulfonamides is 1. The average molecular weight is 609 g/mol. The molecule has 214 valence electrons. The Morgan fingerprint density at radius 2 is 1.52 bits per heavy atom. The van der Waals surface area contributed by atoms with Gasteiger partial charge in [-0.15, -0.1) is 0 Å². The molecular formula is C29H32Cl2FN3O4S. The summed E-state index contributed by atoms with van der Waals surface area (Å²) in [5.41, 5.74) is 1.52. The Kier molecular flexibility index (Phi) is 10.6. The van der Waals surface area contributed by atoms with Crippen LogP contribution in [-0.2, 0) is 26.2 Å². The van der Waals surface area contributed by atoms with Crippen molar-refractivity contribution in [3.63, 3.8) is 0 Å². The molecule has 11 heteroatoms. The van der Waals surface area contributed by atoms with Gasteiger partial charge in [0.15, 0.2) is 0 Å². The molecular weight excluding hydrogens is 576 g/mol. The van der Waals surface area contributed by atoms with E-state index < -0.39 is 34.3 Å². The third-order valence-corrected chi connectivity index (χ3v) is 8.33. The monoisotopic (exact) mass is 607 g/mol. The Hall–Kier alpha value is -3.14. The highest BCUT2D eigenvalue weighted by Gasteiger charge is 2.34. The van der Waals surface area contributed by atoms with Gasteiger partial charge in [-0.1, -0.05) is 60.0 Å². The molecule has 0 aliphatic rings. The average Bonchev–Trinajstić information content (AvgIpc) is 2.87. The van der Waals surface area contributed by atoms with Gasteiger partial charge in [0.25, 0.3) is 10.0 Å². The zero-order valence-corrected chi connectivity index (χ0v) is 25.0. The summed E-state index contributed by atoms with van der Waals surface area (Å²) in [6.07, 6.45) is 0.263. The lowest BCUT2D eigenvalue weighted by Gasteiger charge is -2.33. The van der Waals surface area contributed by atoms with Crippen LogP contribution in [0.1, 0.15) is 38.3 Å². The van der Waals surface area contributed by atoms with E-state index in [0.717, 1.165) is 9.87 Å². The van der Waals surface area contributed by atoms with Crippen LogP contribution in [0.15, 0.2) is 71.6 Å². The van der Waals surface area contributed by atoms with Crippen molar-refractivity contribution in [1.29, 1.82) is 0 Å². The summed E-state index contributed by atoms with van der Waals surface area (Å²) in [6, 6.07) is 14.9. The largest absolute Gasteiger partial charge is 0.352 e. The maximum Gasteiger partial charge on any atom is 0.264 e. The van der Waals surface area contributed by atoms with Crippen LogP contribution in [0.25, 0.3) is 0 Å². The Labute approximate surface area is 244 Å². The zero-order valence-electron chi connectivity index (χ0n) is 22.7. The fourth-order valence-corrected chi connectivity index (χ4v) is 6.05. The molecule has 0 bridgehead atoms. The molecule has 0 unspecified atom stereocenters. The lowest BCUT2D eigenvalue weighted by atomic mass is 10.1. The third-order valence-electron chi connectivity index (χ3n) is 6.11. The van der Waals surface area contributed by atoms with Crippen LogP contribution >= 0.6 is 23.2 Å². The number of nitrogens with one attached hydrogen (secondary N) is 1.